The predicted molar refractivity (Wildman–Crippen MR) is 63.9 cm³/mol. The van der Waals surface area contributed by atoms with Gasteiger partial charge in [-0.05, 0) is 37.0 Å². The zero-order chi connectivity index (χ0) is 11.0. The molecule has 2 nitrogen and oxygen atoms in total. The molecule has 1 saturated carbocycles. The Kier molecular flexibility index (Phi) is 2.83. The molecule has 0 radical (unpaired) electrons. The summed E-state index contributed by atoms with van der Waals surface area (Å²) in [5.74, 6) is 0.674. The molecule has 2 unspecified atom stereocenters. The van der Waals surface area contributed by atoms with Crippen LogP contribution in [0.1, 0.15) is 29.3 Å². The summed E-state index contributed by atoms with van der Waals surface area (Å²) in [6.45, 7) is 4.16. The van der Waals surface area contributed by atoms with E-state index >= 15 is 0 Å². The van der Waals surface area contributed by atoms with Crippen molar-refractivity contribution in [1.82, 2.24) is 5.32 Å². The Balaban J connectivity index is 2.08. The van der Waals surface area contributed by atoms with Crippen molar-refractivity contribution in [2.45, 2.75) is 26.3 Å². The zero-order valence-corrected chi connectivity index (χ0v) is 10.5. The second-order valence-electron chi connectivity index (χ2n) is 4.26. The van der Waals surface area contributed by atoms with Crippen LogP contribution >= 0.6 is 15.9 Å². The molecule has 1 N–H and O–H groups in total. The fourth-order valence-electron chi connectivity index (χ4n) is 1.51. The van der Waals surface area contributed by atoms with Crippen LogP contribution < -0.4 is 5.32 Å². The van der Waals surface area contributed by atoms with Crippen LogP contribution in [0.15, 0.2) is 22.7 Å². The molecule has 1 fully saturated rings. The lowest BCUT2D eigenvalue weighted by molar-refractivity contribution is 0.0949. The van der Waals surface area contributed by atoms with E-state index in [1.54, 1.807) is 0 Å². The zero-order valence-electron chi connectivity index (χ0n) is 8.88. The fourth-order valence-corrected chi connectivity index (χ4v) is 1.89. The lowest BCUT2D eigenvalue weighted by Crippen LogP contribution is -2.26. The molecular weight excluding hydrogens is 254 g/mol. The minimum atomic E-state index is 0.0325. The molecule has 0 aliphatic heterocycles. The van der Waals surface area contributed by atoms with Crippen LogP contribution in [0.5, 0.6) is 0 Å². The molecule has 0 bridgehead atoms. The number of amides is 1. The van der Waals surface area contributed by atoms with Crippen molar-refractivity contribution in [1.29, 1.82) is 0 Å². The highest BCUT2D eigenvalue weighted by Crippen LogP contribution is 2.29. The van der Waals surface area contributed by atoms with Gasteiger partial charge < -0.3 is 5.32 Å². The smallest absolute Gasteiger partial charge is 0.251 e. The Morgan fingerprint density at radius 3 is 2.73 bits per heavy atom. The molecule has 3 heteroatoms. The quantitative estimate of drug-likeness (QED) is 0.877. The first-order valence-corrected chi connectivity index (χ1v) is 5.94. The van der Waals surface area contributed by atoms with Gasteiger partial charge in [0.2, 0.25) is 0 Å². The van der Waals surface area contributed by atoms with Crippen molar-refractivity contribution in [3.05, 3.63) is 33.8 Å². The number of hydrogen-bond acceptors (Lipinski definition) is 1. The lowest BCUT2D eigenvalue weighted by Gasteiger charge is -2.05. The highest BCUT2D eigenvalue weighted by molar-refractivity contribution is 9.10. The Hall–Kier alpha value is -0.830. The Morgan fingerprint density at radius 1 is 1.53 bits per heavy atom. The molecule has 0 saturated heterocycles. The number of benzene rings is 1. The Bertz CT molecular complexity index is 403. The summed E-state index contributed by atoms with van der Waals surface area (Å²) < 4.78 is 0.985. The van der Waals surface area contributed by atoms with E-state index in [2.05, 4.69) is 28.2 Å². The van der Waals surface area contributed by atoms with Gasteiger partial charge >= 0.3 is 0 Å². The van der Waals surface area contributed by atoms with E-state index in [4.69, 9.17) is 0 Å². The molecule has 1 aliphatic rings. The summed E-state index contributed by atoms with van der Waals surface area (Å²) in [5.41, 5.74) is 1.87. The van der Waals surface area contributed by atoms with E-state index in [0.29, 0.717) is 12.0 Å². The SMILES string of the molecule is Cc1ccc(C(=O)NC2CC2C)cc1Br. The third-order valence-corrected chi connectivity index (χ3v) is 3.71. The van der Waals surface area contributed by atoms with E-state index in [1.165, 1.54) is 0 Å². The van der Waals surface area contributed by atoms with Gasteiger partial charge in [-0.1, -0.05) is 28.9 Å². The van der Waals surface area contributed by atoms with Gasteiger partial charge in [-0.15, -0.1) is 0 Å². The topological polar surface area (TPSA) is 29.1 Å². The number of hydrogen-bond donors (Lipinski definition) is 1. The Morgan fingerprint density at radius 2 is 2.20 bits per heavy atom. The van der Waals surface area contributed by atoms with Crippen molar-refractivity contribution in [3.63, 3.8) is 0 Å². The number of carbonyl (C=O) groups excluding carboxylic acids is 1. The first-order chi connectivity index (χ1) is 7.08. The average Bonchev–Trinajstić information content (AvgIpc) is 2.86. The second-order valence-corrected chi connectivity index (χ2v) is 5.11. The maximum Gasteiger partial charge on any atom is 0.251 e. The van der Waals surface area contributed by atoms with Crippen LogP contribution in [0.25, 0.3) is 0 Å². The molecule has 0 spiro atoms. The summed E-state index contributed by atoms with van der Waals surface area (Å²) in [7, 11) is 0. The fraction of sp³-hybridized carbons (Fsp3) is 0.417. The second kappa shape index (κ2) is 3.97. The molecule has 0 heterocycles. The van der Waals surface area contributed by atoms with Crippen molar-refractivity contribution < 1.29 is 4.79 Å². The molecule has 1 aromatic rings. The van der Waals surface area contributed by atoms with E-state index in [0.717, 1.165) is 22.0 Å². The molecule has 1 aliphatic carbocycles. The highest BCUT2D eigenvalue weighted by Gasteiger charge is 2.33. The molecule has 2 atom stereocenters. The van der Waals surface area contributed by atoms with Gasteiger partial charge in [0, 0.05) is 16.1 Å². The summed E-state index contributed by atoms with van der Waals surface area (Å²) in [6.07, 6.45) is 1.11. The number of carbonyl (C=O) groups is 1. The normalized spacial score (nSPS) is 23.7. The summed E-state index contributed by atoms with van der Waals surface area (Å²) >= 11 is 3.43. The molecule has 1 aromatic carbocycles. The summed E-state index contributed by atoms with van der Waals surface area (Å²) in [6, 6.07) is 6.08. The van der Waals surface area contributed by atoms with Crippen LogP contribution in [-0.4, -0.2) is 11.9 Å². The minimum absolute atomic E-state index is 0.0325. The maximum absolute atomic E-state index is 11.8. The van der Waals surface area contributed by atoms with Crippen molar-refractivity contribution in [2.75, 3.05) is 0 Å². The van der Waals surface area contributed by atoms with Crippen molar-refractivity contribution in [2.24, 2.45) is 5.92 Å². The van der Waals surface area contributed by atoms with Crippen LogP contribution in [0.4, 0.5) is 0 Å². The molecule has 1 amide bonds. The minimum Gasteiger partial charge on any atom is -0.349 e. The van der Waals surface area contributed by atoms with E-state index < -0.39 is 0 Å². The third kappa shape index (κ3) is 2.40. The van der Waals surface area contributed by atoms with Gasteiger partial charge in [-0.25, -0.2) is 0 Å². The van der Waals surface area contributed by atoms with Gasteiger partial charge in [0.25, 0.3) is 5.91 Å². The predicted octanol–water partition coefficient (Wildman–Crippen LogP) is 2.90. The first kappa shape index (κ1) is 10.7. The van der Waals surface area contributed by atoms with Gasteiger partial charge in [-0.2, -0.15) is 0 Å². The molecule has 0 aromatic heterocycles. The van der Waals surface area contributed by atoms with Crippen LogP contribution in [-0.2, 0) is 0 Å². The average molecular weight is 268 g/mol. The Labute approximate surface area is 98.2 Å². The number of nitrogens with one attached hydrogen (secondary N) is 1. The largest absolute Gasteiger partial charge is 0.349 e. The highest BCUT2D eigenvalue weighted by atomic mass is 79.9. The number of aryl methyl sites for hydroxylation is 1. The number of rotatable bonds is 2. The third-order valence-electron chi connectivity index (χ3n) is 2.86. The van der Waals surface area contributed by atoms with Crippen LogP contribution in [0.3, 0.4) is 0 Å². The van der Waals surface area contributed by atoms with E-state index in [1.807, 2.05) is 25.1 Å². The number of halogens is 1. The van der Waals surface area contributed by atoms with Crippen LogP contribution in [0.2, 0.25) is 0 Å². The summed E-state index contributed by atoms with van der Waals surface area (Å²) in [5, 5.41) is 3.01. The lowest BCUT2D eigenvalue weighted by atomic mass is 10.1. The standard InChI is InChI=1S/C12H14BrNO/c1-7-3-4-9(6-10(7)13)12(15)14-11-5-8(11)2/h3-4,6,8,11H,5H2,1-2H3,(H,14,15). The van der Waals surface area contributed by atoms with Crippen molar-refractivity contribution >= 4 is 21.8 Å². The molecule has 15 heavy (non-hydrogen) atoms. The van der Waals surface area contributed by atoms with E-state index in [-0.39, 0.29) is 5.91 Å². The van der Waals surface area contributed by atoms with Crippen LogP contribution in [0, 0.1) is 12.8 Å². The monoisotopic (exact) mass is 267 g/mol. The summed E-state index contributed by atoms with van der Waals surface area (Å²) in [4.78, 5) is 11.8. The van der Waals surface area contributed by atoms with Crippen molar-refractivity contribution in [3.8, 4) is 0 Å². The molecule has 80 valence electrons. The first-order valence-electron chi connectivity index (χ1n) is 5.15. The van der Waals surface area contributed by atoms with Gasteiger partial charge in [-0.3, -0.25) is 4.79 Å². The maximum atomic E-state index is 11.8. The van der Waals surface area contributed by atoms with Gasteiger partial charge in [0.1, 0.15) is 0 Å². The molecule has 2 rings (SSSR count). The van der Waals surface area contributed by atoms with E-state index in [9.17, 15) is 4.79 Å². The van der Waals surface area contributed by atoms with Gasteiger partial charge in [0.05, 0.1) is 0 Å². The molecular formula is C12H14BrNO. The van der Waals surface area contributed by atoms with Gasteiger partial charge in [0.15, 0.2) is 0 Å².